The molecule has 4 nitrogen and oxygen atoms in total. The number of rotatable bonds is 6. The zero-order chi connectivity index (χ0) is 15.9. The zero-order valence-corrected chi connectivity index (χ0v) is 13.9. The third-order valence-electron chi connectivity index (χ3n) is 6.76. The molecule has 4 saturated carbocycles. The Labute approximate surface area is 138 Å². The number of hydrogen-bond acceptors (Lipinski definition) is 4. The minimum absolute atomic E-state index is 0.00136. The van der Waals surface area contributed by atoms with Crippen molar-refractivity contribution in [3.63, 3.8) is 0 Å². The summed E-state index contributed by atoms with van der Waals surface area (Å²) in [5, 5.41) is 0. The monoisotopic (exact) mass is 320 g/mol. The van der Waals surface area contributed by atoms with Crippen molar-refractivity contribution in [3.8, 4) is 0 Å². The lowest BCUT2D eigenvalue weighted by Crippen LogP contribution is -2.52. The molecule has 0 saturated heterocycles. The first-order valence-electron chi connectivity index (χ1n) is 9.47. The molecule has 4 heteroatoms. The van der Waals surface area contributed by atoms with Crippen LogP contribution in [0.25, 0.3) is 0 Å². The van der Waals surface area contributed by atoms with Crippen molar-refractivity contribution in [2.24, 2.45) is 29.1 Å². The molecule has 1 spiro atoms. The summed E-state index contributed by atoms with van der Waals surface area (Å²) >= 11 is 0. The molecule has 0 aliphatic heterocycles. The molecule has 4 fully saturated rings. The Hall–Kier alpha value is -1.06. The number of ether oxygens (including phenoxy) is 2. The van der Waals surface area contributed by atoms with Crippen molar-refractivity contribution in [1.82, 2.24) is 0 Å². The molecule has 0 bridgehead atoms. The van der Waals surface area contributed by atoms with Gasteiger partial charge in [-0.25, -0.2) is 0 Å². The first kappa shape index (κ1) is 15.5. The van der Waals surface area contributed by atoms with E-state index in [1.807, 2.05) is 0 Å². The molecule has 128 valence electrons. The maximum absolute atomic E-state index is 12.0. The topological polar surface area (TPSA) is 52.6 Å². The maximum Gasteiger partial charge on any atom is 0.308 e. The number of hydrogen-bond donors (Lipinski definition) is 0. The highest BCUT2D eigenvalue weighted by Crippen LogP contribution is 2.61. The highest BCUT2D eigenvalue weighted by atomic mass is 16.5. The summed E-state index contributed by atoms with van der Waals surface area (Å²) in [7, 11) is 0. The quantitative estimate of drug-likeness (QED) is 0.703. The van der Waals surface area contributed by atoms with Crippen molar-refractivity contribution in [2.45, 2.75) is 64.2 Å². The molecule has 0 aromatic carbocycles. The Morgan fingerprint density at radius 3 is 1.43 bits per heavy atom. The molecule has 0 unspecified atom stereocenters. The average Bonchev–Trinajstić information content (AvgIpc) is 2.31. The van der Waals surface area contributed by atoms with Crippen LogP contribution in [0.1, 0.15) is 64.2 Å². The lowest BCUT2D eigenvalue weighted by Gasteiger charge is -2.56. The first-order chi connectivity index (χ1) is 11.1. The van der Waals surface area contributed by atoms with E-state index in [0.717, 1.165) is 25.7 Å². The van der Waals surface area contributed by atoms with Crippen LogP contribution in [0.2, 0.25) is 0 Å². The van der Waals surface area contributed by atoms with Crippen LogP contribution in [-0.4, -0.2) is 25.2 Å². The Morgan fingerprint density at radius 1 is 0.739 bits per heavy atom. The minimum Gasteiger partial charge on any atom is -0.465 e. The summed E-state index contributed by atoms with van der Waals surface area (Å²) < 4.78 is 10.9. The Morgan fingerprint density at radius 2 is 1.13 bits per heavy atom. The molecular weight excluding hydrogens is 292 g/mol. The van der Waals surface area contributed by atoms with Crippen LogP contribution in [-0.2, 0) is 19.1 Å². The lowest BCUT2D eigenvalue weighted by molar-refractivity contribution is -0.176. The van der Waals surface area contributed by atoms with E-state index in [1.165, 1.54) is 38.5 Å². The van der Waals surface area contributed by atoms with Gasteiger partial charge in [0.25, 0.3) is 0 Å². The van der Waals surface area contributed by atoms with Crippen LogP contribution in [0, 0.1) is 29.1 Å². The molecule has 0 heterocycles. The highest BCUT2D eigenvalue weighted by Gasteiger charge is 2.57. The van der Waals surface area contributed by atoms with Gasteiger partial charge >= 0.3 is 11.9 Å². The summed E-state index contributed by atoms with van der Waals surface area (Å²) in [6.45, 7) is 1.25. The van der Waals surface area contributed by atoms with E-state index in [4.69, 9.17) is 9.47 Å². The first-order valence-corrected chi connectivity index (χ1v) is 9.47. The number of esters is 2. The molecular formula is C19H28O4. The van der Waals surface area contributed by atoms with E-state index in [1.54, 1.807) is 0 Å². The van der Waals surface area contributed by atoms with Gasteiger partial charge in [-0.05, 0) is 68.6 Å². The zero-order valence-electron chi connectivity index (χ0n) is 13.9. The molecule has 0 N–H and O–H groups in total. The van der Waals surface area contributed by atoms with E-state index in [2.05, 4.69) is 0 Å². The smallest absolute Gasteiger partial charge is 0.308 e. The molecule has 0 aromatic heterocycles. The molecule has 0 atom stereocenters. The fraction of sp³-hybridized carbons (Fsp3) is 0.895. The molecule has 4 aliphatic carbocycles. The SMILES string of the molecule is O=C(OCC1CCC1)C1CC2(C1)CC(C(=O)OCC1CCC1)C2. The molecule has 0 radical (unpaired) electrons. The Bertz CT molecular complexity index is 418. The van der Waals surface area contributed by atoms with Gasteiger partial charge in [0.05, 0.1) is 25.0 Å². The summed E-state index contributed by atoms with van der Waals surface area (Å²) in [5.41, 5.74) is 0.250. The Balaban J connectivity index is 1.12. The van der Waals surface area contributed by atoms with Gasteiger partial charge in [0.1, 0.15) is 0 Å². The van der Waals surface area contributed by atoms with E-state index < -0.39 is 0 Å². The van der Waals surface area contributed by atoms with Crippen LogP contribution in [0.4, 0.5) is 0 Å². The van der Waals surface area contributed by atoms with Crippen LogP contribution in [0.15, 0.2) is 0 Å². The number of carbonyl (C=O) groups excluding carboxylic acids is 2. The fourth-order valence-electron chi connectivity index (χ4n) is 4.59. The van der Waals surface area contributed by atoms with Crippen LogP contribution < -0.4 is 0 Å². The second kappa shape index (κ2) is 6.10. The van der Waals surface area contributed by atoms with Gasteiger partial charge in [0.15, 0.2) is 0 Å². The third-order valence-corrected chi connectivity index (χ3v) is 6.76. The van der Waals surface area contributed by atoms with Crippen molar-refractivity contribution in [3.05, 3.63) is 0 Å². The second-order valence-corrected chi connectivity index (χ2v) is 8.56. The second-order valence-electron chi connectivity index (χ2n) is 8.56. The van der Waals surface area contributed by atoms with Gasteiger partial charge in [-0.3, -0.25) is 9.59 Å². The Kier molecular flexibility index (Phi) is 4.10. The number of carbonyl (C=O) groups is 2. The van der Waals surface area contributed by atoms with Crippen LogP contribution in [0.5, 0.6) is 0 Å². The minimum atomic E-state index is -0.00136. The van der Waals surface area contributed by atoms with Crippen molar-refractivity contribution < 1.29 is 19.1 Å². The van der Waals surface area contributed by atoms with Crippen molar-refractivity contribution >= 4 is 11.9 Å². The average molecular weight is 320 g/mol. The van der Waals surface area contributed by atoms with Gasteiger partial charge in [-0.1, -0.05) is 12.8 Å². The summed E-state index contributed by atoms with van der Waals surface area (Å²) in [6.07, 6.45) is 11.1. The third kappa shape index (κ3) is 3.14. The van der Waals surface area contributed by atoms with Crippen LogP contribution in [0.3, 0.4) is 0 Å². The van der Waals surface area contributed by atoms with Crippen LogP contribution >= 0.6 is 0 Å². The largest absolute Gasteiger partial charge is 0.465 e. The maximum atomic E-state index is 12.0. The predicted molar refractivity (Wildman–Crippen MR) is 84.5 cm³/mol. The van der Waals surface area contributed by atoms with Crippen molar-refractivity contribution in [2.75, 3.05) is 13.2 Å². The summed E-state index contributed by atoms with van der Waals surface area (Å²) in [4.78, 5) is 24.0. The summed E-state index contributed by atoms with van der Waals surface area (Å²) in [6, 6.07) is 0. The fourth-order valence-corrected chi connectivity index (χ4v) is 4.59. The summed E-state index contributed by atoms with van der Waals surface area (Å²) in [5.74, 6) is 1.40. The van der Waals surface area contributed by atoms with E-state index in [9.17, 15) is 9.59 Å². The molecule has 0 amide bonds. The van der Waals surface area contributed by atoms with E-state index in [0.29, 0.717) is 25.0 Å². The van der Waals surface area contributed by atoms with Gasteiger partial charge in [-0.15, -0.1) is 0 Å². The van der Waals surface area contributed by atoms with E-state index in [-0.39, 0.29) is 29.2 Å². The van der Waals surface area contributed by atoms with Gasteiger partial charge in [0, 0.05) is 0 Å². The van der Waals surface area contributed by atoms with Crippen molar-refractivity contribution in [1.29, 1.82) is 0 Å². The lowest BCUT2D eigenvalue weighted by atomic mass is 9.48. The highest BCUT2D eigenvalue weighted by molar-refractivity contribution is 5.76. The molecule has 0 aromatic rings. The standard InChI is InChI=1S/C19H28O4/c20-17(22-11-13-3-1-4-13)15-7-19(8-15)9-16(10-19)18(21)23-12-14-5-2-6-14/h13-16H,1-12H2. The van der Waals surface area contributed by atoms with E-state index >= 15 is 0 Å². The van der Waals surface area contributed by atoms with Gasteiger partial charge in [0.2, 0.25) is 0 Å². The van der Waals surface area contributed by atoms with Gasteiger partial charge < -0.3 is 9.47 Å². The predicted octanol–water partition coefficient (Wildman–Crippen LogP) is 3.48. The molecule has 23 heavy (non-hydrogen) atoms. The molecule has 4 aliphatic rings. The van der Waals surface area contributed by atoms with Gasteiger partial charge in [-0.2, -0.15) is 0 Å². The molecule has 4 rings (SSSR count). The normalized spacial score (nSPS) is 36.3.